The lowest BCUT2D eigenvalue weighted by Crippen LogP contribution is -2.05. The van der Waals surface area contributed by atoms with Crippen molar-refractivity contribution in [2.45, 2.75) is 18.6 Å². The average Bonchev–Trinajstić information content (AvgIpc) is 2.50. The van der Waals surface area contributed by atoms with E-state index in [2.05, 4.69) is 4.98 Å². The predicted molar refractivity (Wildman–Crippen MR) is 48.6 cm³/mol. The molecule has 14 heavy (non-hydrogen) atoms. The van der Waals surface area contributed by atoms with Gasteiger partial charge in [0, 0.05) is 25.0 Å². The van der Waals surface area contributed by atoms with E-state index in [1.54, 1.807) is 10.8 Å². The first kappa shape index (κ1) is 11.4. The van der Waals surface area contributed by atoms with Crippen LogP contribution in [0.3, 0.4) is 0 Å². The van der Waals surface area contributed by atoms with Gasteiger partial charge in [-0.3, -0.25) is 0 Å². The molecule has 0 aliphatic rings. The molecule has 0 unspecified atom stereocenters. The van der Waals surface area contributed by atoms with E-state index in [-0.39, 0.29) is 24.1 Å². The van der Waals surface area contributed by atoms with Crippen LogP contribution in [0.1, 0.15) is 5.69 Å². The predicted octanol–water partition coefficient (Wildman–Crippen LogP) is 1.59. The number of nitrogens with zero attached hydrogens (tertiary/aromatic N) is 2. The maximum Gasteiger partial charge on any atom is 0.441 e. The highest BCUT2D eigenvalue weighted by Crippen LogP contribution is 2.29. The maximum atomic E-state index is 11.7. The van der Waals surface area contributed by atoms with Crippen molar-refractivity contribution in [1.29, 1.82) is 0 Å². The molecule has 1 rings (SSSR count). The highest BCUT2D eigenvalue weighted by molar-refractivity contribution is 8.00. The van der Waals surface area contributed by atoms with Crippen molar-refractivity contribution in [2.75, 3.05) is 5.75 Å². The second-order valence-corrected chi connectivity index (χ2v) is 3.76. The fraction of sp³-hybridized carbons (Fsp3) is 0.571. The van der Waals surface area contributed by atoms with Crippen LogP contribution in [0, 0.1) is 0 Å². The fourth-order valence-corrected chi connectivity index (χ4v) is 1.43. The van der Waals surface area contributed by atoms with Crippen LogP contribution in [0.4, 0.5) is 13.2 Å². The van der Waals surface area contributed by atoms with Crippen molar-refractivity contribution >= 4 is 11.8 Å². The number of rotatable bonds is 4. The van der Waals surface area contributed by atoms with Crippen molar-refractivity contribution in [1.82, 2.24) is 9.55 Å². The lowest BCUT2D eigenvalue weighted by Gasteiger charge is -2.05. The summed E-state index contributed by atoms with van der Waals surface area (Å²) in [5.41, 5.74) is 1.83. The normalized spacial score (nSPS) is 12.0. The SMILES string of the molecule is NCc1cn(CCSC(F)(F)F)cn1. The minimum Gasteiger partial charge on any atom is -0.336 e. The third-order valence-electron chi connectivity index (χ3n) is 1.51. The summed E-state index contributed by atoms with van der Waals surface area (Å²) < 4.78 is 36.8. The van der Waals surface area contributed by atoms with E-state index in [1.807, 2.05) is 0 Å². The van der Waals surface area contributed by atoms with Gasteiger partial charge >= 0.3 is 5.51 Å². The zero-order valence-corrected chi connectivity index (χ0v) is 8.11. The Morgan fingerprint density at radius 2 is 2.21 bits per heavy atom. The molecule has 0 saturated carbocycles. The molecule has 1 aromatic rings. The largest absolute Gasteiger partial charge is 0.441 e. The molecule has 0 aromatic carbocycles. The fourth-order valence-electron chi connectivity index (χ4n) is 0.901. The van der Waals surface area contributed by atoms with Crippen LogP contribution in [0.15, 0.2) is 12.5 Å². The van der Waals surface area contributed by atoms with Crippen molar-refractivity contribution in [3.05, 3.63) is 18.2 Å². The van der Waals surface area contributed by atoms with Gasteiger partial charge in [0.15, 0.2) is 0 Å². The van der Waals surface area contributed by atoms with E-state index in [4.69, 9.17) is 5.73 Å². The van der Waals surface area contributed by atoms with Gasteiger partial charge in [0.05, 0.1) is 12.0 Å². The first-order valence-corrected chi connectivity index (χ1v) is 4.91. The summed E-state index contributed by atoms with van der Waals surface area (Å²) >= 11 is -0.0346. The highest BCUT2D eigenvalue weighted by atomic mass is 32.2. The highest BCUT2D eigenvalue weighted by Gasteiger charge is 2.27. The first-order valence-electron chi connectivity index (χ1n) is 3.92. The number of aromatic nitrogens is 2. The standard InChI is InChI=1S/C7H10F3N3S/c8-7(9,10)14-2-1-13-4-6(3-11)12-5-13/h4-5H,1-3,11H2. The lowest BCUT2D eigenvalue weighted by atomic mass is 10.5. The number of hydrogen-bond donors (Lipinski definition) is 1. The maximum absolute atomic E-state index is 11.7. The number of thioether (sulfide) groups is 1. The Balaban J connectivity index is 2.31. The number of halogens is 3. The third kappa shape index (κ3) is 4.01. The van der Waals surface area contributed by atoms with Gasteiger partial charge in [-0.15, -0.1) is 0 Å². The molecule has 1 aromatic heterocycles. The van der Waals surface area contributed by atoms with E-state index in [1.165, 1.54) is 6.33 Å². The number of nitrogens with two attached hydrogens (primary N) is 1. The molecule has 80 valence electrons. The van der Waals surface area contributed by atoms with Gasteiger partial charge in [-0.25, -0.2) is 4.98 Å². The molecule has 0 spiro atoms. The molecule has 0 radical (unpaired) electrons. The Labute approximate surface area is 83.5 Å². The molecule has 0 amide bonds. The van der Waals surface area contributed by atoms with Crippen LogP contribution in [0.2, 0.25) is 0 Å². The summed E-state index contributed by atoms with van der Waals surface area (Å²) in [7, 11) is 0. The molecule has 0 fully saturated rings. The zero-order chi connectivity index (χ0) is 10.6. The van der Waals surface area contributed by atoms with Gasteiger partial charge in [-0.1, -0.05) is 0 Å². The quantitative estimate of drug-likeness (QED) is 0.846. The number of alkyl halides is 3. The van der Waals surface area contributed by atoms with E-state index >= 15 is 0 Å². The van der Waals surface area contributed by atoms with E-state index < -0.39 is 5.51 Å². The van der Waals surface area contributed by atoms with E-state index in [0.29, 0.717) is 12.2 Å². The molecule has 7 heteroatoms. The van der Waals surface area contributed by atoms with Gasteiger partial charge in [0.1, 0.15) is 0 Å². The summed E-state index contributed by atoms with van der Waals surface area (Å²) in [5.74, 6) is -0.0100. The summed E-state index contributed by atoms with van der Waals surface area (Å²) in [5, 5.41) is 0. The molecular formula is C7H10F3N3S. The second-order valence-electron chi connectivity index (χ2n) is 2.60. The van der Waals surface area contributed by atoms with Crippen LogP contribution in [0.5, 0.6) is 0 Å². The van der Waals surface area contributed by atoms with E-state index in [9.17, 15) is 13.2 Å². The molecule has 3 nitrogen and oxygen atoms in total. The summed E-state index contributed by atoms with van der Waals surface area (Å²) in [4.78, 5) is 3.90. The van der Waals surface area contributed by atoms with Gasteiger partial charge in [-0.05, 0) is 11.8 Å². The zero-order valence-electron chi connectivity index (χ0n) is 7.29. The number of imidazole rings is 1. The van der Waals surface area contributed by atoms with Crippen LogP contribution >= 0.6 is 11.8 Å². The topological polar surface area (TPSA) is 43.8 Å². The Bertz CT molecular complexity index is 284. The third-order valence-corrected chi connectivity index (χ3v) is 2.23. The summed E-state index contributed by atoms with van der Waals surface area (Å²) in [6.07, 6.45) is 3.13. The molecule has 2 N–H and O–H groups in total. The number of aryl methyl sites for hydroxylation is 1. The van der Waals surface area contributed by atoms with Gasteiger partial charge in [0.25, 0.3) is 0 Å². The smallest absolute Gasteiger partial charge is 0.336 e. The molecule has 1 heterocycles. The van der Waals surface area contributed by atoms with Crippen molar-refractivity contribution < 1.29 is 13.2 Å². The lowest BCUT2D eigenvalue weighted by molar-refractivity contribution is -0.0328. The van der Waals surface area contributed by atoms with Gasteiger partial charge in [-0.2, -0.15) is 13.2 Å². The van der Waals surface area contributed by atoms with Crippen LogP contribution in [-0.4, -0.2) is 20.8 Å². The minimum atomic E-state index is -4.16. The van der Waals surface area contributed by atoms with Crippen molar-refractivity contribution in [3.8, 4) is 0 Å². The number of hydrogen-bond acceptors (Lipinski definition) is 3. The monoisotopic (exact) mass is 225 g/mol. The van der Waals surface area contributed by atoms with Crippen molar-refractivity contribution in [2.24, 2.45) is 5.73 Å². The molecule has 0 atom stereocenters. The molecule has 0 aliphatic heterocycles. The molecular weight excluding hydrogens is 215 g/mol. The summed E-state index contributed by atoms with van der Waals surface area (Å²) in [6, 6.07) is 0. The molecule has 0 aliphatic carbocycles. The Hall–Kier alpha value is -0.690. The first-order chi connectivity index (χ1) is 6.51. The van der Waals surface area contributed by atoms with E-state index in [0.717, 1.165) is 0 Å². The van der Waals surface area contributed by atoms with Crippen LogP contribution in [0.25, 0.3) is 0 Å². The van der Waals surface area contributed by atoms with Gasteiger partial charge < -0.3 is 10.3 Å². The average molecular weight is 225 g/mol. The van der Waals surface area contributed by atoms with Crippen LogP contribution in [-0.2, 0) is 13.1 Å². The Morgan fingerprint density at radius 3 is 2.71 bits per heavy atom. The minimum absolute atomic E-state index is 0.0100. The van der Waals surface area contributed by atoms with Crippen LogP contribution < -0.4 is 5.73 Å². The molecule has 0 saturated heterocycles. The summed E-state index contributed by atoms with van der Waals surface area (Å²) in [6.45, 7) is 0.594. The Morgan fingerprint density at radius 1 is 1.50 bits per heavy atom. The second kappa shape index (κ2) is 4.70. The van der Waals surface area contributed by atoms with Gasteiger partial charge in [0.2, 0.25) is 0 Å². The molecule has 0 bridgehead atoms. The Kier molecular flexibility index (Phi) is 3.82. The van der Waals surface area contributed by atoms with Crippen molar-refractivity contribution in [3.63, 3.8) is 0 Å².